The average molecular weight is 118 g/mol. The summed E-state index contributed by atoms with van der Waals surface area (Å²) in [6.07, 6.45) is 0. The Labute approximate surface area is 43.2 Å². The van der Waals surface area contributed by atoms with Crippen LogP contribution in [0.25, 0.3) is 0 Å². The molecular weight excluding hydrogens is 116 g/mol. The molecule has 0 aromatic heterocycles. The SMILES string of the molecule is O=S=C1CON=N1. The minimum atomic E-state index is 0.244. The first-order chi connectivity index (χ1) is 3.43. The smallest absolute Gasteiger partial charge is 0.199 e. The summed E-state index contributed by atoms with van der Waals surface area (Å²) < 4.78 is 9.78. The fourth-order valence-corrected chi connectivity index (χ4v) is 0.396. The lowest BCUT2D eigenvalue weighted by atomic mass is 10.7. The molecule has 1 aliphatic heterocycles. The van der Waals surface area contributed by atoms with Crippen molar-refractivity contribution in [1.29, 1.82) is 0 Å². The molecule has 7 heavy (non-hydrogen) atoms. The van der Waals surface area contributed by atoms with Crippen molar-refractivity contribution in [2.75, 3.05) is 6.61 Å². The van der Waals surface area contributed by atoms with Crippen LogP contribution in [0.5, 0.6) is 0 Å². The Kier molecular flexibility index (Phi) is 1.16. The summed E-state index contributed by atoms with van der Waals surface area (Å²) >= 11 is 0.314. The predicted octanol–water partition coefficient (Wildman–Crippen LogP) is -0.273. The Morgan fingerprint density at radius 3 is 3.00 bits per heavy atom. The second-order valence-corrected chi connectivity index (χ2v) is 1.57. The van der Waals surface area contributed by atoms with Crippen LogP contribution in [0.3, 0.4) is 0 Å². The van der Waals surface area contributed by atoms with Gasteiger partial charge in [0.2, 0.25) is 0 Å². The largest absolute Gasteiger partial charge is 0.372 e. The summed E-state index contributed by atoms with van der Waals surface area (Å²) in [5.74, 6) is 0. The molecule has 0 radical (unpaired) electrons. The van der Waals surface area contributed by atoms with Gasteiger partial charge in [0.25, 0.3) is 0 Å². The minimum absolute atomic E-state index is 0.244. The molecule has 0 amide bonds. The zero-order valence-electron chi connectivity index (χ0n) is 3.33. The molecular formula is C2H2N2O2S. The second kappa shape index (κ2) is 1.83. The molecule has 5 heteroatoms. The van der Waals surface area contributed by atoms with Crippen LogP contribution in [0.1, 0.15) is 0 Å². The fourth-order valence-electron chi connectivity index (χ4n) is 0.228. The molecule has 38 valence electrons. The Morgan fingerprint density at radius 1 is 1.86 bits per heavy atom. The molecule has 1 rings (SSSR count). The van der Waals surface area contributed by atoms with Gasteiger partial charge in [0.05, 0.1) is 0 Å². The van der Waals surface area contributed by atoms with Gasteiger partial charge in [0.15, 0.2) is 11.6 Å². The molecule has 0 N–H and O–H groups in total. The van der Waals surface area contributed by atoms with E-state index in [9.17, 15) is 4.21 Å². The third kappa shape index (κ3) is 0.833. The van der Waals surface area contributed by atoms with Gasteiger partial charge in [0.1, 0.15) is 11.3 Å². The number of hydrogen-bond donors (Lipinski definition) is 0. The van der Waals surface area contributed by atoms with Crippen LogP contribution in [0.2, 0.25) is 0 Å². The first-order valence-electron chi connectivity index (χ1n) is 1.62. The van der Waals surface area contributed by atoms with Gasteiger partial charge in [-0.25, -0.2) is 4.21 Å². The van der Waals surface area contributed by atoms with Crippen molar-refractivity contribution in [3.05, 3.63) is 0 Å². The quantitative estimate of drug-likeness (QED) is 0.411. The maximum absolute atomic E-state index is 9.78. The lowest BCUT2D eigenvalue weighted by molar-refractivity contribution is 0.186. The van der Waals surface area contributed by atoms with Crippen LogP contribution in [0.15, 0.2) is 10.4 Å². The molecule has 1 aliphatic rings. The van der Waals surface area contributed by atoms with E-state index < -0.39 is 0 Å². The van der Waals surface area contributed by atoms with E-state index in [0.29, 0.717) is 16.2 Å². The van der Waals surface area contributed by atoms with Gasteiger partial charge in [-0.2, -0.15) is 0 Å². The van der Waals surface area contributed by atoms with Crippen molar-refractivity contribution in [2.24, 2.45) is 10.4 Å². The molecule has 0 aliphatic carbocycles. The highest BCUT2D eigenvalue weighted by Crippen LogP contribution is 1.91. The van der Waals surface area contributed by atoms with Gasteiger partial charge in [-0.15, -0.1) is 5.11 Å². The first kappa shape index (κ1) is 4.45. The number of hydrogen-bond acceptors (Lipinski definition) is 3. The van der Waals surface area contributed by atoms with Crippen molar-refractivity contribution < 1.29 is 9.05 Å². The first-order valence-corrected chi connectivity index (χ1v) is 2.36. The molecule has 0 atom stereocenters. The van der Waals surface area contributed by atoms with Crippen LogP contribution in [0.4, 0.5) is 0 Å². The van der Waals surface area contributed by atoms with Crippen LogP contribution in [0, 0.1) is 0 Å². The van der Waals surface area contributed by atoms with Gasteiger partial charge in [0, 0.05) is 5.28 Å². The molecule has 0 fully saturated rings. The topological polar surface area (TPSA) is 51.0 Å². The van der Waals surface area contributed by atoms with Crippen LogP contribution >= 0.6 is 0 Å². The van der Waals surface area contributed by atoms with Crippen LogP contribution in [-0.4, -0.2) is 15.8 Å². The fraction of sp³-hybridized carbons (Fsp3) is 0.500. The highest BCUT2D eigenvalue weighted by molar-refractivity contribution is 7.66. The molecule has 1 heterocycles. The van der Waals surface area contributed by atoms with E-state index in [2.05, 4.69) is 15.2 Å². The van der Waals surface area contributed by atoms with E-state index in [0.717, 1.165) is 0 Å². The Hall–Kier alpha value is -0.710. The number of nitrogens with zero attached hydrogens (tertiary/aromatic N) is 2. The standard InChI is InChI=1S/C2H2N2O2S/c5-7-2-1-6-4-3-2/h1H2. The van der Waals surface area contributed by atoms with E-state index in [1.807, 2.05) is 0 Å². The average Bonchev–Trinajstić information content (AvgIpc) is 2.14. The van der Waals surface area contributed by atoms with E-state index in [1.165, 1.54) is 0 Å². The van der Waals surface area contributed by atoms with Crippen molar-refractivity contribution in [3.8, 4) is 0 Å². The third-order valence-electron chi connectivity index (χ3n) is 0.494. The monoisotopic (exact) mass is 118 g/mol. The zero-order chi connectivity index (χ0) is 5.11. The predicted molar refractivity (Wildman–Crippen MR) is 24.0 cm³/mol. The molecule has 0 saturated carbocycles. The van der Waals surface area contributed by atoms with Crippen molar-refractivity contribution in [2.45, 2.75) is 0 Å². The highest BCUT2D eigenvalue weighted by Gasteiger charge is 2.01. The van der Waals surface area contributed by atoms with E-state index in [4.69, 9.17) is 0 Å². The van der Waals surface area contributed by atoms with E-state index >= 15 is 0 Å². The normalized spacial score (nSPS) is 16.9. The summed E-state index contributed by atoms with van der Waals surface area (Å²) in [4.78, 5) is 4.74. The summed E-state index contributed by atoms with van der Waals surface area (Å²) in [5.41, 5.74) is 0. The Balaban J connectivity index is 2.77. The van der Waals surface area contributed by atoms with Gasteiger partial charge in [-0.1, -0.05) is 0 Å². The maximum Gasteiger partial charge on any atom is 0.199 e. The van der Waals surface area contributed by atoms with Gasteiger partial charge in [-0.3, -0.25) is 0 Å². The Morgan fingerprint density at radius 2 is 2.71 bits per heavy atom. The van der Waals surface area contributed by atoms with E-state index in [1.54, 1.807) is 0 Å². The summed E-state index contributed by atoms with van der Waals surface area (Å²) in [6.45, 7) is 0.244. The van der Waals surface area contributed by atoms with Gasteiger partial charge < -0.3 is 4.84 Å². The van der Waals surface area contributed by atoms with Crippen molar-refractivity contribution in [3.63, 3.8) is 0 Å². The Bertz CT molecular complexity index is 148. The number of rotatable bonds is 0. The van der Waals surface area contributed by atoms with Crippen LogP contribution < -0.4 is 0 Å². The third-order valence-corrected chi connectivity index (χ3v) is 0.886. The lowest BCUT2D eigenvalue weighted by Gasteiger charge is -1.73. The molecule has 0 aromatic carbocycles. The minimum Gasteiger partial charge on any atom is -0.372 e. The second-order valence-electron chi connectivity index (χ2n) is 0.932. The summed E-state index contributed by atoms with van der Waals surface area (Å²) in [6, 6.07) is 0. The van der Waals surface area contributed by atoms with E-state index in [-0.39, 0.29) is 6.61 Å². The van der Waals surface area contributed by atoms with Crippen molar-refractivity contribution >= 4 is 16.2 Å². The van der Waals surface area contributed by atoms with Gasteiger partial charge in [-0.05, 0) is 0 Å². The van der Waals surface area contributed by atoms with Crippen molar-refractivity contribution in [1.82, 2.24) is 0 Å². The molecule has 0 saturated heterocycles. The summed E-state index contributed by atoms with van der Waals surface area (Å²) in [5, 5.41) is 6.43. The maximum atomic E-state index is 9.78. The zero-order valence-corrected chi connectivity index (χ0v) is 4.14. The van der Waals surface area contributed by atoms with Gasteiger partial charge >= 0.3 is 0 Å². The van der Waals surface area contributed by atoms with Crippen LogP contribution in [-0.2, 0) is 16.1 Å². The molecule has 0 spiro atoms. The highest BCUT2D eigenvalue weighted by atomic mass is 32.1. The molecule has 0 bridgehead atoms. The molecule has 0 aromatic rings. The molecule has 4 nitrogen and oxygen atoms in total. The summed E-state index contributed by atoms with van der Waals surface area (Å²) in [7, 11) is 0. The lowest BCUT2D eigenvalue weighted by Crippen LogP contribution is -1.92. The molecule has 0 unspecified atom stereocenters.